The van der Waals surface area contributed by atoms with Crippen LogP contribution in [0.15, 0.2) is 29.2 Å². The van der Waals surface area contributed by atoms with Crippen molar-refractivity contribution >= 4 is 33.3 Å². The minimum Gasteiger partial charge on any atom is -0.461 e. The van der Waals surface area contributed by atoms with Crippen LogP contribution in [0.2, 0.25) is 5.02 Å². The average Bonchev–Trinajstić information content (AvgIpc) is 2.80. The average molecular weight is 371 g/mol. The third-order valence-corrected chi connectivity index (χ3v) is 5.59. The van der Waals surface area contributed by atoms with Crippen molar-refractivity contribution in [3.05, 3.63) is 46.2 Å². The Hall–Kier alpha value is -1.99. The van der Waals surface area contributed by atoms with Crippen molar-refractivity contribution in [1.29, 1.82) is 0 Å². The number of nitrogens with one attached hydrogen (secondary N) is 1. The Balaban J connectivity index is 2.40. The fourth-order valence-electron chi connectivity index (χ4n) is 2.21. The molecular weight excluding hydrogens is 352 g/mol. The number of sulfonamides is 1. The van der Waals surface area contributed by atoms with Crippen LogP contribution in [-0.2, 0) is 21.8 Å². The molecule has 0 fully saturated rings. The van der Waals surface area contributed by atoms with Crippen molar-refractivity contribution < 1.29 is 17.9 Å². The molecule has 1 aromatic carbocycles. The van der Waals surface area contributed by atoms with Crippen molar-refractivity contribution in [2.45, 2.75) is 25.7 Å². The quantitative estimate of drug-likeness (QED) is 0.819. The fraction of sp³-hybridized carbons (Fsp3) is 0.312. The summed E-state index contributed by atoms with van der Waals surface area (Å²) in [7, 11) is -2.25. The summed E-state index contributed by atoms with van der Waals surface area (Å²) < 4.78 is 34.2. The van der Waals surface area contributed by atoms with Gasteiger partial charge in [-0.25, -0.2) is 13.2 Å². The number of carbonyl (C=O) groups is 1. The maximum atomic E-state index is 12.6. The molecule has 2 rings (SSSR count). The zero-order valence-corrected chi connectivity index (χ0v) is 15.5. The summed E-state index contributed by atoms with van der Waals surface area (Å²) in [5.74, 6) is -0.567. The van der Waals surface area contributed by atoms with E-state index in [0.717, 1.165) is 5.56 Å². The molecular formula is C16H19ClN2O4S. The van der Waals surface area contributed by atoms with E-state index in [-0.39, 0.29) is 17.2 Å². The van der Waals surface area contributed by atoms with E-state index >= 15 is 0 Å². The second-order valence-corrected chi connectivity index (χ2v) is 7.39. The zero-order valence-electron chi connectivity index (χ0n) is 13.9. The fourth-order valence-corrected chi connectivity index (χ4v) is 3.73. The third-order valence-electron chi connectivity index (χ3n) is 3.69. The Morgan fingerprint density at radius 3 is 2.54 bits per heavy atom. The Morgan fingerprint density at radius 1 is 1.29 bits per heavy atom. The van der Waals surface area contributed by atoms with Gasteiger partial charge >= 0.3 is 5.97 Å². The zero-order chi connectivity index (χ0) is 18.1. The van der Waals surface area contributed by atoms with Crippen LogP contribution >= 0.6 is 11.6 Å². The summed E-state index contributed by atoms with van der Waals surface area (Å²) in [6.45, 7) is 5.35. The molecule has 0 aliphatic carbocycles. The minimum absolute atomic E-state index is 0.0183. The first-order valence-corrected chi connectivity index (χ1v) is 9.16. The summed E-state index contributed by atoms with van der Waals surface area (Å²) in [6.07, 6.45) is 0. The number of hydrogen-bond acceptors (Lipinski definition) is 4. The van der Waals surface area contributed by atoms with Gasteiger partial charge in [-0.05, 0) is 44.5 Å². The van der Waals surface area contributed by atoms with E-state index in [1.54, 1.807) is 39.1 Å². The van der Waals surface area contributed by atoms with Gasteiger partial charge in [-0.3, -0.25) is 4.72 Å². The highest BCUT2D eigenvalue weighted by atomic mass is 35.5. The maximum Gasteiger partial charge on any atom is 0.354 e. The molecule has 0 unspecified atom stereocenters. The van der Waals surface area contributed by atoms with Gasteiger partial charge in [0.25, 0.3) is 10.0 Å². The minimum atomic E-state index is -3.86. The lowest BCUT2D eigenvalue weighted by Gasteiger charge is -2.09. The highest BCUT2D eigenvalue weighted by molar-refractivity contribution is 7.92. The predicted molar refractivity (Wildman–Crippen MR) is 93.1 cm³/mol. The number of hydrogen-bond donors (Lipinski definition) is 1. The lowest BCUT2D eigenvalue weighted by Crippen LogP contribution is -2.14. The van der Waals surface area contributed by atoms with E-state index in [0.29, 0.717) is 16.4 Å². The van der Waals surface area contributed by atoms with Crippen molar-refractivity contribution in [3.63, 3.8) is 0 Å². The first-order valence-electron chi connectivity index (χ1n) is 7.29. The summed E-state index contributed by atoms with van der Waals surface area (Å²) in [5, 5.41) is 0.465. The molecule has 0 saturated heterocycles. The number of aromatic nitrogens is 1. The van der Waals surface area contributed by atoms with Gasteiger partial charge in [0.2, 0.25) is 0 Å². The molecule has 0 atom stereocenters. The summed E-state index contributed by atoms with van der Waals surface area (Å²) in [4.78, 5) is 11.9. The number of nitrogens with zero attached hydrogens (tertiary/aromatic N) is 1. The number of esters is 1. The van der Waals surface area contributed by atoms with Crippen LogP contribution in [0.5, 0.6) is 0 Å². The van der Waals surface area contributed by atoms with E-state index in [2.05, 4.69) is 4.72 Å². The lowest BCUT2D eigenvalue weighted by atomic mass is 10.2. The van der Waals surface area contributed by atoms with Crippen molar-refractivity contribution in [3.8, 4) is 0 Å². The Morgan fingerprint density at radius 2 is 1.96 bits per heavy atom. The van der Waals surface area contributed by atoms with Crippen LogP contribution in [0.25, 0.3) is 0 Å². The molecule has 0 amide bonds. The second-order valence-electron chi connectivity index (χ2n) is 5.33. The summed E-state index contributed by atoms with van der Waals surface area (Å²) in [6, 6.07) is 6.20. The van der Waals surface area contributed by atoms with E-state index < -0.39 is 16.0 Å². The van der Waals surface area contributed by atoms with E-state index in [1.165, 1.54) is 10.6 Å². The van der Waals surface area contributed by atoms with Crippen LogP contribution in [0.4, 0.5) is 5.69 Å². The van der Waals surface area contributed by atoms with Crippen molar-refractivity contribution in [1.82, 2.24) is 4.57 Å². The first kappa shape index (κ1) is 18.4. The van der Waals surface area contributed by atoms with Gasteiger partial charge in [0.05, 0.1) is 12.3 Å². The van der Waals surface area contributed by atoms with Gasteiger partial charge in [0, 0.05) is 17.8 Å². The first-order chi connectivity index (χ1) is 11.2. The van der Waals surface area contributed by atoms with Gasteiger partial charge in [-0.15, -0.1) is 0 Å². The molecule has 0 aliphatic rings. The summed E-state index contributed by atoms with van der Waals surface area (Å²) in [5.41, 5.74) is 1.81. The molecule has 0 saturated carbocycles. The Bertz CT molecular complexity index is 888. The van der Waals surface area contributed by atoms with E-state index in [9.17, 15) is 13.2 Å². The standard InChI is InChI=1S/C16H19ClN2O4S/c1-5-23-16(20)14-9-15(11(3)19(14)4)24(21,22)18-12-7-6-10(2)13(17)8-12/h6-9,18H,5H2,1-4H3. The molecule has 130 valence electrons. The number of benzene rings is 1. The lowest BCUT2D eigenvalue weighted by molar-refractivity contribution is 0.0515. The molecule has 8 heteroatoms. The van der Waals surface area contributed by atoms with Crippen LogP contribution < -0.4 is 4.72 Å². The molecule has 1 heterocycles. The highest BCUT2D eigenvalue weighted by Crippen LogP contribution is 2.25. The van der Waals surface area contributed by atoms with Crippen LogP contribution in [0.1, 0.15) is 28.7 Å². The topological polar surface area (TPSA) is 77.4 Å². The van der Waals surface area contributed by atoms with Crippen LogP contribution in [0.3, 0.4) is 0 Å². The number of ether oxygens (including phenoxy) is 1. The molecule has 0 radical (unpaired) electrons. The molecule has 0 spiro atoms. The van der Waals surface area contributed by atoms with E-state index in [1.807, 2.05) is 6.92 Å². The third kappa shape index (κ3) is 3.57. The maximum absolute atomic E-state index is 12.6. The Kier molecular flexibility index (Phi) is 5.25. The number of carbonyl (C=O) groups excluding carboxylic acids is 1. The SMILES string of the molecule is CCOC(=O)c1cc(S(=O)(=O)Nc2ccc(C)c(Cl)c2)c(C)n1C. The normalized spacial score (nSPS) is 11.4. The van der Waals surface area contributed by atoms with Gasteiger partial charge in [0.1, 0.15) is 10.6 Å². The second kappa shape index (κ2) is 6.86. The van der Waals surface area contributed by atoms with Gasteiger partial charge < -0.3 is 9.30 Å². The predicted octanol–water partition coefficient (Wildman–Crippen LogP) is 3.27. The van der Waals surface area contributed by atoms with Crippen LogP contribution in [-0.4, -0.2) is 25.6 Å². The highest BCUT2D eigenvalue weighted by Gasteiger charge is 2.25. The number of halogens is 1. The smallest absolute Gasteiger partial charge is 0.354 e. The largest absolute Gasteiger partial charge is 0.461 e. The van der Waals surface area contributed by atoms with Gasteiger partial charge in [0.15, 0.2) is 0 Å². The van der Waals surface area contributed by atoms with Gasteiger partial charge in [-0.2, -0.15) is 0 Å². The van der Waals surface area contributed by atoms with Crippen molar-refractivity contribution in [2.24, 2.45) is 7.05 Å². The van der Waals surface area contributed by atoms with Crippen LogP contribution in [0, 0.1) is 13.8 Å². The molecule has 2 aromatic rings. The van der Waals surface area contributed by atoms with Crippen molar-refractivity contribution in [2.75, 3.05) is 11.3 Å². The van der Waals surface area contributed by atoms with E-state index in [4.69, 9.17) is 16.3 Å². The Labute approximate surface area is 146 Å². The summed E-state index contributed by atoms with van der Waals surface area (Å²) >= 11 is 6.03. The number of rotatable bonds is 5. The molecule has 0 aliphatic heterocycles. The molecule has 0 bridgehead atoms. The number of aryl methyl sites for hydroxylation is 1. The van der Waals surface area contributed by atoms with Gasteiger partial charge in [-0.1, -0.05) is 17.7 Å². The molecule has 24 heavy (non-hydrogen) atoms. The monoisotopic (exact) mass is 370 g/mol. The number of anilines is 1. The molecule has 1 N–H and O–H groups in total. The molecule has 1 aromatic heterocycles. The molecule has 6 nitrogen and oxygen atoms in total.